The van der Waals surface area contributed by atoms with Gasteiger partial charge >= 0.3 is 0 Å². The Morgan fingerprint density at radius 2 is 2.27 bits per heavy atom. The molecule has 1 aromatic carbocycles. The van der Waals surface area contributed by atoms with Gasteiger partial charge in [-0.15, -0.1) is 0 Å². The molecule has 0 aliphatic carbocycles. The van der Waals surface area contributed by atoms with Crippen molar-refractivity contribution in [1.82, 2.24) is 0 Å². The highest BCUT2D eigenvalue weighted by Gasteiger charge is 2.02. The van der Waals surface area contributed by atoms with Crippen LogP contribution in [0.3, 0.4) is 0 Å². The molecule has 0 N–H and O–H groups in total. The van der Waals surface area contributed by atoms with Crippen molar-refractivity contribution in [3.8, 4) is 0 Å². The molecule has 0 atom stereocenters. The molecular formula is C12H12BrClO. The van der Waals surface area contributed by atoms with Crippen LogP contribution in [0.15, 0.2) is 24.3 Å². The van der Waals surface area contributed by atoms with Gasteiger partial charge in [0.25, 0.3) is 0 Å². The number of Topliss-reactive ketones (excluding diaryl/α,β-unsaturated/α-hetero) is 1. The standard InChI is InChI=1S/C12H12BrClO/c1-9(15)11-6-5-10(12(14)8-11)4-2-3-7-13/h2,4-6,8H,3,7H2,1H3. The van der Waals surface area contributed by atoms with Crippen LogP contribution in [0, 0.1) is 0 Å². The van der Waals surface area contributed by atoms with Gasteiger partial charge in [-0.1, -0.05) is 51.8 Å². The Kier molecular flexibility index (Phi) is 5.06. The number of benzene rings is 1. The van der Waals surface area contributed by atoms with Gasteiger partial charge in [0, 0.05) is 15.9 Å². The van der Waals surface area contributed by atoms with Crippen LogP contribution in [0.2, 0.25) is 5.02 Å². The summed E-state index contributed by atoms with van der Waals surface area (Å²) in [4.78, 5) is 11.1. The quantitative estimate of drug-likeness (QED) is 0.595. The lowest BCUT2D eigenvalue weighted by molar-refractivity contribution is 0.101. The van der Waals surface area contributed by atoms with Crippen LogP contribution in [-0.2, 0) is 0 Å². The van der Waals surface area contributed by atoms with E-state index >= 15 is 0 Å². The molecule has 15 heavy (non-hydrogen) atoms. The van der Waals surface area contributed by atoms with Crippen molar-refractivity contribution in [1.29, 1.82) is 0 Å². The third-order valence-corrected chi connectivity index (χ3v) is 2.77. The lowest BCUT2D eigenvalue weighted by Gasteiger charge is -2.00. The fraction of sp³-hybridized carbons (Fsp3) is 0.250. The fourth-order valence-electron chi connectivity index (χ4n) is 1.15. The van der Waals surface area contributed by atoms with E-state index in [-0.39, 0.29) is 5.78 Å². The maximum absolute atomic E-state index is 11.1. The van der Waals surface area contributed by atoms with Crippen molar-refractivity contribution >= 4 is 39.4 Å². The van der Waals surface area contributed by atoms with Crippen molar-refractivity contribution < 1.29 is 4.79 Å². The third kappa shape index (κ3) is 3.80. The molecule has 0 aliphatic rings. The summed E-state index contributed by atoms with van der Waals surface area (Å²) in [7, 11) is 0. The van der Waals surface area contributed by atoms with E-state index in [2.05, 4.69) is 15.9 Å². The van der Waals surface area contributed by atoms with E-state index in [1.807, 2.05) is 18.2 Å². The molecule has 0 radical (unpaired) electrons. The number of allylic oxidation sites excluding steroid dienone is 1. The van der Waals surface area contributed by atoms with E-state index in [1.54, 1.807) is 12.1 Å². The van der Waals surface area contributed by atoms with Crippen molar-refractivity contribution in [3.05, 3.63) is 40.4 Å². The first-order valence-electron chi connectivity index (χ1n) is 4.68. The van der Waals surface area contributed by atoms with Gasteiger partial charge in [0.1, 0.15) is 0 Å². The van der Waals surface area contributed by atoms with Crippen LogP contribution in [-0.4, -0.2) is 11.1 Å². The van der Waals surface area contributed by atoms with E-state index in [0.717, 1.165) is 17.3 Å². The minimum absolute atomic E-state index is 0.0351. The summed E-state index contributed by atoms with van der Waals surface area (Å²) >= 11 is 9.38. The smallest absolute Gasteiger partial charge is 0.159 e. The van der Waals surface area contributed by atoms with Gasteiger partial charge in [0.15, 0.2) is 5.78 Å². The first kappa shape index (κ1) is 12.5. The molecular weight excluding hydrogens is 275 g/mol. The van der Waals surface area contributed by atoms with Gasteiger partial charge in [-0.05, 0) is 25.0 Å². The predicted molar refractivity (Wildman–Crippen MR) is 68.9 cm³/mol. The maximum atomic E-state index is 11.1. The molecule has 80 valence electrons. The summed E-state index contributed by atoms with van der Waals surface area (Å²) in [6.07, 6.45) is 4.97. The van der Waals surface area contributed by atoms with Gasteiger partial charge in [0.05, 0.1) is 0 Å². The Morgan fingerprint density at radius 3 is 2.80 bits per heavy atom. The Labute approximate surface area is 103 Å². The summed E-state index contributed by atoms with van der Waals surface area (Å²) in [5, 5.41) is 1.56. The summed E-state index contributed by atoms with van der Waals surface area (Å²) < 4.78 is 0. The molecule has 0 fully saturated rings. The van der Waals surface area contributed by atoms with E-state index in [0.29, 0.717) is 10.6 Å². The minimum Gasteiger partial charge on any atom is -0.295 e. The number of hydrogen-bond acceptors (Lipinski definition) is 1. The zero-order chi connectivity index (χ0) is 11.3. The molecule has 1 nitrogen and oxygen atoms in total. The summed E-state index contributed by atoms with van der Waals surface area (Å²) in [5.74, 6) is 0.0351. The number of alkyl halides is 1. The zero-order valence-electron chi connectivity index (χ0n) is 8.47. The summed E-state index contributed by atoms with van der Waals surface area (Å²) in [6, 6.07) is 5.36. The minimum atomic E-state index is 0.0351. The van der Waals surface area contributed by atoms with E-state index in [1.165, 1.54) is 6.92 Å². The summed E-state index contributed by atoms with van der Waals surface area (Å²) in [5.41, 5.74) is 1.60. The first-order valence-corrected chi connectivity index (χ1v) is 6.18. The van der Waals surface area contributed by atoms with Crippen molar-refractivity contribution in [2.45, 2.75) is 13.3 Å². The number of hydrogen-bond donors (Lipinski definition) is 0. The SMILES string of the molecule is CC(=O)c1ccc(C=CCCBr)c(Cl)c1. The molecule has 0 aromatic heterocycles. The van der Waals surface area contributed by atoms with Crippen LogP contribution < -0.4 is 0 Å². The molecule has 0 saturated heterocycles. The summed E-state index contributed by atoms with van der Waals surface area (Å²) in [6.45, 7) is 1.53. The molecule has 0 bridgehead atoms. The molecule has 0 amide bonds. The van der Waals surface area contributed by atoms with Crippen LogP contribution in [0.25, 0.3) is 6.08 Å². The first-order chi connectivity index (χ1) is 7.15. The van der Waals surface area contributed by atoms with Gasteiger partial charge in [0.2, 0.25) is 0 Å². The number of ketones is 1. The Morgan fingerprint density at radius 1 is 1.53 bits per heavy atom. The molecule has 0 unspecified atom stereocenters. The van der Waals surface area contributed by atoms with E-state index in [9.17, 15) is 4.79 Å². The second-order valence-corrected chi connectivity index (χ2v) is 4.37. The average Bonchev–Trinajstić information content (AvgIpc) is 2.20. The highest BCUT2D eigenvalue weighted by molar-refractivity contribution is 9.09. The highest BCUT2D eigenvalue weighted by Crippen LogP contribution is 2.19. The molecule has 0 saturated carbocycles. The molecule has 3 heteroatoms. The van der Waals surface area contributed by atoms with Gasteiger partial charge in [-0.2, -0.15) is 0 Å². The van der Waals surface area contributed by atoms with Crippen LogP contribution in [0.1, 0.15) is 29.3 Å². The normalized spacial score (nSPS) is 10.9. The molecule has 0 aliphatic heterocycles. The van der Waals surface area contributed by atoms with E-state index < -0.39 is 0 Å². The van der Waals surface area contributed by atoms with Gasteiger partial charge in [-0.3, -0.25) is 4.79 Å². The molecule has 1 rings (SSSR count). The maximum Gasteiger partial charge on any atom is 0.159 e. The number of rotatable bonds is 4. The van der Waals surface area contributed by atoms with Gasteiger partial charge in [-0.25, -0.2) is 0 Å². The van der Waals surface area contributed by atoms with E-state index in [4.69, 9.17) is 11.6 Å². The largest absolute Gasteiger partial charge is 0.295 e. The molecule has 0 spiro atoms. The second-order valence-electron chi connectivity index (χ2n) is 3.17. The Bertz CT molecular complexity index is 385. The number of carbonyl (C=O) groups is 1. The Balaban J connectivity index is 2.88. The number of halogens is 2. The zero-order valence-corrected chi connectivity index (χ0v) is 10.8. The second kappa shape index (κ2) is 6.09. The molecule has 0 heterocycles. The fourth-order valence-corrected chi connectivity index (χ4v) is 1.66. The number of carbonyl (C=O) groups excluding carboxylic acids is 1. The third-order valence-electron chi connectivity index (χ3n) is 1.98. The average molecular weight is 288 g/mol. The topological polar surface area (TPSA) is 17.1 Å². The highest BCUT2D eigenvalue weighted by atomic mass is 79.9. The van der Waals surface area contributed by atoms with Crippen molar-refractivity contribution in [2.24, 2.45) is 0 Å². The van der Waals surface area contributed by atoms with Crippen LogP contribution >= 0.6 is 27.5 Å². The van der Waals surface area contributed by atoms with Gasteiger partial charge < -0.3 is 0 Å². The molecule has 1 aromatic rings. The monoisotopic (exact) mass is 286 g/mol. The predicted octanol–water partition coefficient (Wildman–Crippen LogP) is 4.34. The van der Waals surface area contributed by atoms with Crippen molar-refractivity contribution in [3.63, 3.8) is 0 Å². The Hall–Kier alpha value is -0.600. The van der Waals surface area contributed by atoms with Crippen LogP contribution in [0.5, 0.6) is 0 Å². The van der Waals surface area contributed by atoms with Crippen molar-refractivity contribution in [2.75, 3.05) is 5.33 Å². The van der Waals surface area contributed by atoms with Crippen LogP contribution in [0.4, 0.5) is 0 Å². The lowest BCUT2D eigenvalue weighted by Crippen LogP contribution is -1.91. The lowest BCUT2D eigenvalue weighted by atomic mass is 10.1.